The van der Waals surface area contributed by atoms with Gasteiger partial charge in [-0.2, -0.15) is 0 Å². The van der Waals surface area contributed by atoms with E-state index in [4.69, 9.17) is 0 Å². The number of carbonyl (C=O) groups is 3. The molecule has 0 aromatic heterocycles. The van der Waals surface area contributed by atoms with Crippen LogP contribution in [0.4, 0.5) is 0 Å². The second kappa shape index (κ2) is 12.2. The Hall–Kier alpha value is -3.82. The van der Waals surface area contributed by atoms with Crippen LogP contribution >= 0.6 is 11.8 Å². The van der Waals surface area contributed by atoms with Crippen LogP contribution in [0.5, 0.6) is 5.75 Å². The average Bonchev–Trinajstić information content (AvgIpc) is 3.31. The molecule has 0 unspecified atom stereocenters. The number of hydrogen-bond donors (Lipinski definition) is 3. The molecule has 2 heterocycles. The molecular weight excluding hydrogens is 550 g/mol. The number of nitrogens with one attached hydrogen (secondary N) is 1. The van der Waals surface area contributed by atoms with E-state index >= 15 is 0 Å². The Morgan fingerprint density at radius 1 is 1.00 bits per heavy atom. The van der Waals surface area contributed by atoms with Crippen LogP contribution in [0.15, 0.2) is 72.8 Å². The summed E-state index contributed by atoms with van der Waals surface area (Å²) in [6.45, 7) is 6.58. The van der Waals surface area contributed by atoms with Crippen LogP contribution in [0.3, 0.4) is 0 Å². The van der Waals surface area contributed by atoms with Crippen molar-refractivity contribution < 1.29 is 24.6 Å². The van der Waals surface area contributed by atoms with Crippen molar-refractivity contribution in [3.63, 3.8) is 0 Å². The van der Waals surface area contributed by atoms with E-state index in [0.29, 0.717) is 18.7 Å². The van der Waals surface area contributed by atoms with Gasteiger partial charge in [0.1, 0.15) is 11.8 Å². The molecule has 8 nitrogen and oxygen atoms in total. The van der Waals surface area contributed by atoms with Crippen molar-refractivity contribution in [1.29, 1.82) is 0 Å². The number of carbonyl (C=O) groups excluding carboxylic acids is 3. The normalized spacial score (nSPS) is 19.1. The first kappa shape index (κ1) is 29.7. The highest BCUT2D eigenvalue weighted by Crippen LogP contribution is 2.41. The smallest absolute Gasteiger partial charge is 0.254 e. The minimum Gasteiger partial charge on any atom is -0.508 e. The SMILES string of the molecule is Cc1c(O)cccc1C(=O)N[C@@H](Cc1ccccc1)[C@H](O)C(=O)N1CSC(C)(C)[C@H]1C(=O)N1CCc2ccccc2C1. The molecule has 0 radical (unpaired) electrons. The van der Waals surface area contributed by atoms with Crippen LogP contribution in [-0.2, 0) is 29.0 Å². The van der Waals surface area contributed by atoms with E-state index in [2.05, 4.69) is 11.4 Å². The predicted octanol–water partition coefficient (Wildman–Crippen LogP) is 3.67. The van der Waals surface area contributed by atoms with E-state index in [1.54, 1.807) is 24.0 Å². The van der Waals surface area contributed by atoms with Gasteiger partial charge in [-0.05, 0) is 62.4 Å². The summed E-state index contributed by atoms with van der Waals surface area (Å²) >= 11 is 1.50. The van der Waals surface area contributed by atoms with E-state index < -0.39 is 34.7 Å². The first-order chi connectivity index (χ1) is 20.1. The van der Waals surface area contributed by atoms with Gasteiger partial charge < -0.3 is 25.3 Å². The molecule has 0 aliphatic carbocycles. The second-order valence-electron chi connectivity index (χ2n) is 11.5. The van der Waals surface area contributed by atoms with E-state index in [0.717, 1.165) is 17.5 Å². The number of benzene rings is 3. The van der Waals surface area contributed by atoms with Crippen LogP contribution in [0.2, 0.25) is 0 Å². The minimum absolute atomic E-state index is 0.0168. The molecule has 3 aromatic rings. The fourth-order valence-electron chi connectivity index (χ4n) is 5.81. The van der Waals surface area contributed by atoms with E-state index in [1.165, 1.54) is 28.3 Å². The molecule has 3 N–H and O–H groups in total. The van der Waals surface area contributed by atoms with Gasteiger partial charge in [-0.15, -0.1) is 11.8 Å². The molecule has 220 valence electrons. The van der Waals surface area contributed by atoms with Crippen molar-refractivity contribution in [3.8, 4) is 5.75 Å². The standard InChI is InChI=1S/C33H37N3O5S/c1-21-25(14-9-15-27(21)37)30(39)34-26(18-22-10-5-4-6-11-22)28(38)31(40)36-20-42-33(2,3)29(36)32(41)35-17-16-23-12-7-8-13-24(23)19-35/h4-15,26,28-29,37-38H,16-20H2,1-3H3,(H,34,39)/t26-,28-,29+/m0/s1. The molecule has 1 fully saturated rings. The van der Waals surface area contributed by atoms with Crippen LogP contribution in [-0.4, -0.2) is 73.1 Å². The summed E-state index contributed by atoms with van der Waals surface area (Å²) < 4.78 is -0.569. The molecular formula is C33H37N3O5S. The van der Waals surface area contributed by atoms with Gasteiger partial charge in [0, 0.05) is 29.0 Å². The van der Waals surface area contributed by atoms with Crippen LogP contribution < -0.4 is 5.32 Å². The Labute approximate surface area is 250 Å². The first-order valence-corrected chi connectivity index (χ1v) is 15.2. The highest BCUT2D eigenvalue weighted by atomic mass is 32.2. The molecule has 3 amide bonds. The maximum atomic E-state index is 14.0. The summed E-state index contributed by atoms with van der Waals surface area (Å²) in [4.78, 5) is 44.6. The number of thioether (sulfide) groups is 1. The number of aromatic hydroxyl groups is 1. The fraction of sp³-hybridized carbons (Fsp3) is 0.364. The fourth-order valence-corrected chi connectivity index (χ4v) is 6.94. The lowest BCUT2D eigenvalue weighted by Crippen LogP contribution is -2.59. The van der Waals surface area contributed by atoms with E-state index in [9.17, 15) is 24.6 Å². The quantitative estimate of drug-likeness (QED) is 0.389. The zero-order chi connectivity index (χ0) is 30.0. The van der Waals surface area contributed by atoms with Gasteiger partial charge in [-0.1, -0.05) is 60.7 Å². The molecule has 3 aromatic carbocycles. The number of phenolic OH excluding ortho intramolecular Hbond substituents is 1. The molecule has 0 saturated carbocycles. The highest BCUT2D eigenvalue weighted by Gasteiger charge is 2.51. The molecule has 1 saturated heterocycles. The Kier molecular flexibility index (Phi) is 8.61. The van der Waals surface area contributed by atoms with Gasteiger partial charge in [0.15, 0.2) is 6.10 Å². The number of amides is 3. The van der Waals surface area contributed by atoms with Crippen molar-refractivity contribution in [2.24, 2.45) is 0 Å². The summed E-state index contributed by atoms with van der Waals surface area (Å²) in [6.07, 6.45) is -0.652. The molecule has 2 aliphatic heterocycles. The van der Waals surface area contributed by atoms with Crippen molar-refractivity contribution in [2.45, 2.75) is 63.1 Å². The third-order valence-corrected chi connectivity index (χ3v) is 9.68. The lowest BCUT2D eigenvalue weighted by Gasteiger charge is -2.38. The summed E-state index contributed by atoms with van der Waals surface area (Å²) in [7, 11) is 0. The summed E-state index contributed by atoms with van der Waals surface area (Å²) in [6, 6.07) is 20.3. The molecule has 5 rings (SSSR count). The zero-order valence-electron chi connectivity index (χ0n) is 24.1. The topological polar surface area (TPSA) is 110 Å². The number of aliphatic hydroxyl groups is 1. The monoisotopic (exact) mass is 587 g/mol. The molecule has 3 atom stereocenters. The van der Waals surface area contributed by atoms with Crippen LogP contribution in [0.1, 0.15) is 46.5 Å². The van der Waals surface area contributed by atoms with E-state index in [-0.39, 0.29) is 29.5 Å². The number of nitrogens with zero attached hydrogens (tertiary/aromatic N) is 2. The average molecular weight is 588 g/mol. The van der Waals surface area contributed by atoms with Gasteiger partial charge in [0.05, 0.1) is 11.9 Å². The predicted molar refractivity (Wildman–Crippen MR) is 163 cm³/mol. The molecule has 2 aliphatic rings. The number of fused-ring (bicyclic) bond motifs is 1. The summed E-state index contributed by atoms with van der Waals surface area (Å²) in [5, 5.41) is 24.5. The maximum absolute atomic E-state index is 14.0. The van der Waals surface area contributed by atoms with Gasteiger partial charge in [-0.3, -0.25) is 14.4 Å². The Balaban J connectivity index is 1.39. The summed E-state index contributed by atoms with van der Waals surface area (Å²) in [5.74, 6) is -1.01. The lowest BCUT2D eigenvalue weighted by molar-refractivity contribution is -0.151. The van der Waals surface area contributed by atoms with Gasteiger partial charge in [-0.25, -0.2) is 0 Å². The summed E-state index contributed by atoms with van der Waals surface area (Å²) in [5.41, 5.74) is 3.82. The van der Waals surface area contributed by atoms with Crippen molar-refractivity contribution in [3.05, 3.63) is 101 Å². The van der Waals surface area contributed by atoms with Gasteiger partial charge in [0.25, 0.3) is 11.8 Å². The minimum atomic E-state index is -1.60. The molecule has 0 bridgehead atoms. The highest BCUT2D eigenvalue weighted by molar-refractivity contribution is 8.00. The Morgan fingerprint density at radius 3 is 2.43 bits per heavy atom. The third-order valence-electron chi connectivity index (χ3n) is 8.30. The lowest BCUT2D eigenvalue weighted by atomic mass is 9.94. The van der Waals surface area contributed by atoms with E-state index in [1.807, 2.05) is 62.4 Å². The second-order valence-corrected chi connectivity index (χ2v) is 13.1. The van der Waals surface area contributed by atoms with Crippen molar-refractivity contribution in [1.82, 2.24) is 15.1 Å². The van der Waals surface area contributed by atoms with Gasteiger partial charge >= 0.3 is 0 Å². The van der Waals surface area contributed by atoms with Crippen LogP contribution in [0, 0.1) is 6.92 Å². The van der Waals surface area contributed by atoms with Crippen LogP contribution in [0.25, 0.3) is 0 Å². The molecule has 9 heteroatoms. The molecule has 42 heavy (non-hydrogen) atoms. The number of hydrogen-bond acceptors (Lipinski definition) is 6. The van der Waals surface area contributed by atoms with Gasteiger partial charge in [0.2, 0.25) is 5.91 Å². The van der Waals surface area contributed by atoms with Crippen molar-refractivity contribution in [2.75, 3.05) is 12.4 Å². The zero-order valence-corrected chi connectivity index (χ0v) is 24.9. The number of aliphatic hydroxyl groups excluding tert-OH is 1. The largest absolute Gasteiger partial charge is 0.508 e. The maximum Gasteiger partial charge on any atom is 0.254 e. The molecule has 0 spiro atoms. The Morgan fingerprint density at radius 2 is 1.69 bits per heavy atom. The third kappa shape index (κ3) is 6.03. The number of rotatable bonds is 7. The van der Waals surface area contributed by atoms with Crippen molar-refractivity contribution >= 4 is 29.5 Å². The first-order valence-electron chi connectivity index (χ1n) is 14.2. The Bertz CT molecular complexity index is 1480. The number of phenols is 1.